The van der Waals surface area contributed by atoms with Crippen molar-refractivity contribution in [3.63, 3.8) is 0 Å². The smallest absolute Gasteiger partial charge is 0.343 e. The highest BCUT2D eigenvalue weighted by molar-refractivity contribution is 6.06. The lowest BCUT2D eigenvalue weighted by Gasteiger charge is -2.13. The third-order valence-corrected chi connectivity index (χ3v) is 5.98. The molecule has 2 heterocycles. The number of amides is 3. The summed E-state index contributed by atoms with van der Waals surface area (Å²) in [6, 6.07) is 11.5. The molecule has 1 aliphatic rings. The fourth-order valence-electron chi connectivity index (χ4n) is 3.96. The van der Waals surface area contributed by atoms with Gasteiger partial charge >= 0.3 is 12.2 Å². The quantitative estimate of drug-likeness (QED) is 0.268. The Morgan fingerprint density at radius 3 is 2.51 bits per heavy atom. The molecule has 11 heteroatoms. The highest BCUT2D eigenvalue weighted by atomic mass is 19.4. The van der Waals surface area contributed by atoms with Crippen LogP contribution in [0.25, 0.3) is 10.9 Å². The van der Waals surface area contributed by atoms with E-state index in [2.05, 4.69) is 20.9 Å². The third kappa shape index (κ3) is 5.55. The summed E-state index contributed by atoms with van der Waals surface area (Å²) in [5, 5.41) is 8.22. The Balaban J connectivity index is 1.31. The van der Waals surface area contributed by atoms with E-state index in [1.165, 1.54) is 0 Å². The van der Waals surface area contributed by atoms with Gasteiger partial charge in [0.2, 0.25) is 5.91 Å². The first kappa shape index (κ1) is 24.3. The molecule has 4 aromatic rings. The number of urea groups is 1. The third-order valence-electron chi connectivity index (χ3n) is 5.98. The van der Waals surface area contributed by atoms with Gasteiger partial charge in [-0.3, -0.25) is 4.79 Å². The van der Waals surface area contributed by atoms with Gasteiger partial charge in [-0.15, -0.1) is 0 Å². The molecular weight excluding hydrogens is 490 g/mol. The monoisotopic (exact) mass is 511 g/mol. The zero-order chi connectivity index (χ0) is 26.2. The summed E-state index contributed by atoms with van der Waals surface area (Å²) >= 11 is 0. The number of nitrogens with one attached hydrogen (secondary N) is 3. The van der Waals surface area contributed by atoms with Crippen molar-refractivity contribution in [2.75, 3.05) is 16.0 Å². The molecule has 2 aromatic carbocycles. The van der Waals surface area contributed by atoms with E-state index in [1.54, 1.807) is 30.5 Å². The molecule has 0 atom stereocenters. The number of benzene rings is 2. The lowest BCUT2D eigenvalue weighted by atomic mass is 10.2. The summed E-state index contributed by atoms with van der Waals surface area (Å²) < 4.78 is 54.8. The van der Waals surface area contributed by atoms with Gasteiger partial charge in [0.1, 0.15) is 11.6 Å². The molecule has 0 radical (unpaired) electrons. The van der Waals surface area contributed by atoms with Crippen molar-refractivity contribution in [3.8, 4) is 0 Å². The molecule has 2 aromatic heterocycles. The first-order valence-corrected chi connectivity index (χ1v) is 11.5. The number of nitrogens with zero attached hydrogens (tertiary/aromatic N) is 2. The molecule has 1 aliphatic carbocycles. The van der Waals surface area contributed by atoms with Gasteiger partial charge < -0.3 is 20.5 Å². The number of carbonyl (C=O) groups is 2. The van der Waals surface area contributed by atoms with Crippen molar-refractivity contribution in [1.82, 2.24) is 9.55 Å². The Kier molecular flexibility index (Phi) is 6.28. The van der Waals surface area contributed by atoms with Crippen molar-refractivity contribution < 1.29 is 27.2 Å². The minimum absolute atomic E-state index is 0.0323. The number of carbonyl (C=O) groups excluding carboxylic acids is 2. The van der Waals surface area contributed by atoms with Gasteiger partial charge in [-0.1, -0.05) is 6.07 Å². The lowest BCUT2D eigenvalue weighted by Crippen LogP contribution is -2.20. The topological polar surface area (TPSA) is 88.1 Å². The molecule has 1 fully saturated rings. The van der Waals surface area contributed by atoms with Crippen LogP contribution in [0.5, 0.6) is 0 Å². The van der Waals surface area contributed by atoms with Gasteiger partial charge in [0.25, 0.3) is 0 Å². The highest BCUT2D eigenvalue weighted by Crippen LogP contribution is 2.32. The van der Waals surface area contributed by atoms with Crippen LogP contribution in [-0.4, -0.2) is 21.5 Å². The van der Waals surface area contributed by atoms with Crippen LogP contribution < -0.4 is 16.0 Å². The van der Waals surface area contributed by atoms with E-state index in [-0.39, 0.29) is 11.8 Å². The maximum Gasteiger partial charge on any atom is 0.416 e. The first-order chi connectivity index (χ1) is 17.7. The van der Waals surface area contributed by atoms with Gasteiger partial charge in [0, 0.05) is 30.2 Å². The predicted molar refractivity (Wildman–Crippen MR) is 131 cm³/mol. The van der Waals surface area contributed by atoms with Crippen molar-refractivity contribution >= 4 is 40.0 Å². The fourth-order valence-corrected chi connectivity index (χ4v) is 3.96. The summed E-state index contributed by atoms with van der Waals surface area (Å²) in [5.41, 5.74) is 0.417. The number of aromatic nitrogens is 2. The normalized spacial score (nSPS) is 13.4. The minimum atomic E-state index is -4.67. The summed E-state index contributed by atoms with van der Waals surface area (Å²) in [4.78, 5) is 28.7. The van der Waals surface area contributed by atoms with Gasteiger partial charge in [-0.25, -0.2) is 14.2 Å². The fraction of sp³-hybridized carbons (Fsp3) is 0.192. The van der Waals surface area contributed by atoms with Crippen LogP contribution in [0.2, 0.25) is 0 Å². The average molecular weight is 511 g/mol. The van der Waals surface area contributed by atoms with E-state index in [0.717, 1.165) is 23.9 Å². The number of hydrogen-bond donors (Lipinski definition) is 3. The number of alkyl halides is 3. The molecule has 190 valence electrons. The van der Waals surface area contributed by atoms with Gasteiger partial charge in [-0.05, 0) is 66.9 Å². The van der Waals surface area contributed by atoms with E-state index in [1.807, 2.05) is 22.9 Å². The number of hydrogen-bond acceptors (Lipinski definition) is 3. The molecule has 0 spiro atoms. The molecule has 5 rings (SSSR count). The van der Waals surface area contributed by atoms with Crippen LogP contribution in [0.1, 0.15) is 24.0 Å². The second-order valence-electron chi connectivity index (χ2n) is 8.77. The Labute approximate surface area is 208 Å². The molecule has 0 unspecified atom stereocenters. The minimum Gasteiger partial charge on any atom is -0.343 e. The molecule has 0 bridgehead atoms. The van der Waals surface area contributed by atoms with Crippen molar-refractivity contribution in [1.29, 1.82) is 0 Å². The van der Waals surface area contributed by atoms with Crippen LogP contribution in [0.4, 0.5) is 39.5 Å². The van der Waals surface area contributed by atoms with E-state index in [9.17, 15) is 27.2 Å². The number of anilines is 3. The molecular formula is C26H21F4N5O2. The zero-order valence-electron chi connectivity index (χ0n) is 19.3. The second kappa shape index (κ2) is 9.57. The lowest BCUT2D eigenvalue weighted by molar-refractivity contribution is -0.137. The van der Waals surface area contributed by atoms with Crippen molar-refractivity contribution in [2.24, 2.45) is 5.92 Å². The molecule has 7 nitrogen and oxygen atoms in total. The van der Waals surface area contributed by atoms with Crippen LogP contribution in [-0.2, 0) is 17.5 Å². The predicted octanol–water partition coefficient (Wildman–Crippen LogP) is 6.24. The Hall–Kier alpha value is -4.41. The highest BCUT2D eigenvalue weighted by Gasteiger charge is 2.31. The maximum absolute atomic E-state index is 14.0. The van der Waals surface area contributed by atoms with Crippen LogP contribution >= 0.6 is 0 Å². The molecule has 0 saturated heterocycles. The number of fused-ring (bicyclic) bond motifs is 1. The summed E-state index contributed by atoms with van der Waals surface area (Å²) in [6.45, 7) is 0.462. The van der Waals surface area contributed by atoms with E-state index < -0.39 is 29.3 Å². The van der Waals surface area contributed by atoms with Gasteiger partial charge in [-0.2, -0.15) is 13.2 Å². The van der Waals surface area contributed by atoms with Crippen molar-refractivity contribution in [2.45, 2.75) is 25.6 Å². The average Bonchev–Trinajstić information content (AvgIpc) is 3.62. The maximum atomic E-state index is 14.0. The molecule has 37 heavy (non-hydrogen) atoms. The van der Waals surface area contributed by atoms with Crippen LogP contribution in [0.3, 0.4) is 0 Å². The van der Waals surface area contributed by atoms with Crippen LogP contribution in [0, 0.1) is 11.7 Å². The van der Waals surface area contributed by atoms with Crippen LogP contribution in [0.15, 0.2) is 67.0 Å². The number of pyridine rings is 1. The molecule has 1 saturated carbocycles. The zero-order valence-corrected chi connectivity index (χ0v) is 19.3. The first-order valence-electron chi connectivity index (χ1n) is 11.5. The standard InChI is InChI=1S/C26H21F4N5O2/c27-19-7-6-17(26(28,29)30)13-21(19)33-25(37)32-20-2-1-3-22-18(20)9-11-35(22)14-15-8-10-31-23(12-15)34-24(36)16-4-5-16/h1-3,6-13,16H,4-5,14H2,(H,31,34,36)(H2,32,33,37). The Morgan fingerprint density at radius 1 is 0.973 bits per heavy atom. The van der Waals surface area contributed by atoms with Gasteiger partial charge in [0.15, 0.2) is 0 Å². The number of rotatable bonds is 6. The SMILES string of the molecule is O=C(Nc1cc(C(F)(F)F)ccc1F)Nc1cccc2c1ccn2Cc1ccnc(NC(=O)C2CC2)c1. The molecule has 3 N–H and O–H groups in total. The summed E-state index contributed by atoms with van der Waals surface area (Å²) in [6.07, 6.45) is 0.554. The largest absolute Gasteiger partial charge is 0.416 e. The van der Waals surface area contributed by atoms with Gasteiger partial charge in [0.05, 0.1) is 22.5 Å². The van der Waals surface area contributed by atoms with E-state index in [0.29, 0.717) is 41.6 Å². The summed E-state index contributed by atoms with van der Waals surface area (Å²) in [5.74, 6) is -0.480. The molecule has 3 amide bonds. The van der Waals surface area contributed by atoms with E-state index in [4.69, 9.17) is 0 Å². The number of halogens is 4. The van der Waals surface area contributed by atoms with E-state index >= 15 is 0 Å². The van der Waals surface area contributed by atoms with Crippen molar-refractivity contribution in [3.05, 3.63) is 83.9 Å². The second-order valence-corrected chi connectivity index (χ2v) is 8.77. The molecule has 0 aliphatic heterocycles. The Morgan fingerprint density at radius 2 is 1.76 bits per heavy atom. The summed E-state index contributed by atoms with van der Waals surface area (Å²) in [7, 11) is 0. The Bertz CT molecular complexity index is 1490.